The van der Waals surface area contributed by atoms with Gasteiger partial charge in [-0.25, -0.2) is 0 Å². The lowest BCUT2D eigenvalue weighted by Gasteiger charge is -2.24. The summed E-state index contributed by atoms with van der Waals surface area (Å²) in [5, 5.41) is 0. The zero-order valence-electron chi connectivity index (χ0n) is 19.6. The van der Waals surface area contributed by atoms with Crippen LogP contribution in [0.25, 0.3) is 22.3 Å². The van der Waals surface area contributed by atoms with Crippen molar-refractivity contribution in [1.82, 2.24) is 0 Å². The topological polar surface area (TPSA) is 18.5 Å². The summed E-state index contributed by atoms with van der Waals surface area (Å²) in [4.78, 5) is 0. The van der Waals surface area contributed by atoms with Crippen molar-refractivity contribution in [1.29, 1.82) is 0 Å². The van der Waals surface area contributed by atoms with Crippen molar-refractivity contribution in [2.24, 2.45) is 0 Å². The van der Waals surface area contributed by atoms with Gasteiger partial charge in [-0.15, -0.1) is 0 Å². The first-order chi connectivity index (χ1) is 14.1. The molecule has 0 bridgehead atoms. The van der Waals surface area contributed by atoms with E-state index in [9.17, 15) is 0 Å². The van der Waals surface area contributed by atoms with E-state index in [-0.39, 0.29) is 10.8 Å². The molecule has 0 aromatic heterocycles. The van der Waals surface area contributed by atoms with Crippen molar-refractivity contribution in [3.8, 4) is 33.8 Å². The Balaban J connectivity index is 2.08. The van der Waals surface area contributed by atoms with Gasteiger partial charge >= 0.3 is 0 Å². The third kappa shape index (κ3) is 4.23. The van der Waals surface area contributed by atoms with Gasteiger partial charge in [-0.1, -0.05) is 102 Å². The molecule has 0 spiro atoms. The lowest BCUT2D eigenvalue weighted by Crippen LogP contribution is -2.13. The number of ether oxygens (including phenoxy) is 2. The molecule has 0 fully saturated rings. The van der Waals surface area contributed by atoms with Gasteiger partial charge in [-0.2, -0.15) is 0 Å². The van der Waals surface area contributed by atoms with E-state index in [1.54, 1.807) is 14.2 Å². The van der Waals surface area contributed by atoms with E-state index in [0.717, 1.165) is 33.8 Å². The minimum Gasteiger partial charge on any atom is -0.496 e. The molecule has 3 aromatic rings. The fourth-order valence-corrected chi connectivity index (χ4v) is 3.98. The molecule has 30 heavy (non-hydrogen) atoms. The van der Waals surface area contributed by atoms with Gasteiger partial charge in [0.1, 0.15) is 11.5 Å². The van der Waals surface area contributed by atoms with E-state index in [0.29, 0.717) is 0 Å². The van der Waals surface area contributed by atoms with Crippen molar-refractivity contribution in [3.63, 3.8) is 0 Å². The minimum atomic E-state index is 0.0159. The van der Waals surface area contributed by atoms with Crippen molar-refractivity contribution in [2.75, 3.05) is 14.2 Å². The highest BCUT2D eigenvalue weighted by Crippen LogP contribution is 2.42. The van der Waals surface area contributed by atoms with Crippen LogP contribution in [0.4, 0.5) is 0 Å². The zero-order valence-corrected chi connectivity index (χ0v) is 19.6. The third-order valence-corrected chi connectivity index (χ3v) is 5.56. The van der Waals surface area contributed by atoms with Crippen LogP contribution < -0.4 is 9.47 Å². The Labute approximate surface area is 181 Å². The Morgan fingerprint density at radius 2 is 0.833 bits per heavy atom. The maximum atomic E-state index is 5.84. The van der Waals surface area contributed by atoms with Crippen LogP contribution in [-0.2, 0) is 10.8 Å². The largest absolute Gasteiger partial charge is 0.496 e. The molecule has 0 heterocycles. The number of benzene rings is 3. The van der Waals surface area contributed by atoms with E-state index in [2.05, 4.69) is 102 Å². The molecular formula is C28H34O2. The molecule has 0 unspecified atom stereocenters. The average Bonchev–Trinajstić information content (AvgIpc) is 2.71. The first kappa shape index (κ1) is 22.0. The van der Waals surface area contributed by atoms with E-state index in [1.165, 1.54) is 11.1 Å². The minimum absolute atomic E-state index is 0.0159. The van der Waals surface area contributed by atoms with Gasteiger partial charge in [0.05, 0.1) is 14.2 Å². The van der Waals surface area contributed by atoms with Crippen LogP contribution >= 0.6 is 0 Å². The summed E-state index contributed by atoms with van der Waals surface area (Å²) in [6, 6.07) is 21.5. The summed E-state index contributed by atoms with van der Waals surface area (Å²) >= 11 is 0. The number of hydrogen-bond donors (Lipinski definition) is 0. The summed E-state index contributed by atoms with van der Waals surface area (Å²) in [6.45, 7) is 13.3. The van der Waals surface area contributed by atoms with Crippen LogP contribution in [0, 0.1) is 0 Å². The SMILES string of the molecule is COc1c(-c2ccc(-c3cccc(C(C)(C)C)c3OC)cc2)cccc1C(C)(C)C. The van der Waals surface area contributed by atoms with Gasteiger partial charge in [-0.3, -0.25) is 0 Å². The normalized spacial score (nSPS) is 12.0. The Hall–Kier alpha value is -2.74. The average molecular weight is 403 g/mol. The van der Waals surface area contributed by atoms with E-state index >= 15 is 0 Å². The van der Waals surface area contributed by atoms with Crippen LogP contribution in [0.5, 0.6) is 11.5 Å². The highest BCUT2D eigenvalue weighted by Gasteiger charge is 2.23. The maximum Gasteiger partial charge on any atom is 0.130 e. The monoisotopic (exact) mass is 402 g/mol. The van der Waals surface area contributed by atoms with E-state index < -0.39 is 0 Å². The third-order valence-electron chi connectivity index (χ3n) is 5.56. The summed E-state index contributed by atoms with van der Waals surface area (Å²) in [7, 11) is 3.51. The highest BCUT2D eigenvalue weighted by molar-refractivity contribution is 5.78. The molecule has 0 saturated heterocycles. The number of rotatable bonds is 4. The lowest BCUT2D eigenvalue weighted by molar-refractivity contribution is 0.399. The van der Waals surface area contributed by atoms with Crippen LogP contribution in [0.1, 0.15) is 52.7 Å². The van der Waals surface area contributed by atoms with Crippen molar-refractivity contribution >= 4 is 0 Å². The van der Waals surface area contributed by atoms with Crippen molar-refractivity contribution in [2.45, 2.75) is 52.4 Å². The molecule has 0 saturated carbocycles. The molecule has 0 aliphatic heterocycles. The molecule has 3 aromatic carbocycles. The quantitative estimate of drug-likeness (QED) is 0.446. The summed E-state index contributed by atoms with van der Waals surface area (Å²) < 4.78 is 11.7. The highest BCUT2D eigenvalue weighted by atomic mass is 16.5. The summed E-state index contributed by atoms with van der Waals surface area (Å²) in [6.07, 6.45) is 0. The second-order valence-corrected chi connectivity index (χ2v) is 9.85. The van der Waals surface area contributed by atoms with Crippen LogP contribution in [0.3, 0.4) is 0 Å². The predicted molar refractivity (Wildman–Crippen MR) is 128 cm³/mol. The molecule has 2 heteroatoms. The molecule has 3 rings (SSSR count). The molecule has 0 aliphatic rings. The van der Waals surface area contributed by atoms with Crippen LogP contribution in [0.2, 0.25) is 0 Å². The Kier molecular flexibility index (Phi) is 5.99. The van der Waals surface area contributed by atoms with Gasteiger partial charge < -0.3 is 9.47 Å². The summed E-state index contributed by atoms with van der Waals surface area (Å²) in [5.41, 5.74) is 6.99. The first-order valence-corrected chi connectivity index (χ1v) is 10.5. The number of methoxy groups -OCH3 is 2. The smallest absolute Gasteiger partial charge is 0.130 e. The second-order valence-electron chi connectivity index (χ2n) is 9.85. The summed E-state index contributed by atoms with van der Waals surface area (Å²) in [5.74, 6) is 1.90. The standard InChI is InChI=1S/C28H34O2/c1-27(2,3)23-13-9-11-21(25(23)29-7)19-15-17-20(18-16-19)22-12-10-14-24(26(22)30-8)28(4,5)6/h9-18H,1-8H3. The van der Waals surface area contributed by atoms with Gasteiger partial charge in [0, 0.05) is 22.3 Å². The lowest BCUT2D eigenvalue weighted by atomic mass is 9.83. The first-order valence-electron chi connectivity index (χ1n) is 10.5. The van der Waals surface area contributed by atoms with E-state index in [1.807, 2.05) is 0 Å². The van der Waals surface area contributed by atoms with Crippen molar-refractivity contribution < 1.29 is 9.47 Å². The Morgan fingerprint density at radius 3 is 1.10 bits per heavy atom. The second kappa shape index (κ2) is 8.18. The molecule has 0 atom stereocenters. The maximum absolute atomic E-state index is 5.84. The molecule has 158 valence electrons. The van der Waals surface area contributed by atoms with Crippen LogP contribution in [-0.4, -0.2) is 14.2 Å². The molecule has 0 N–H and O–H groups in total. The van der Waals surface area contributed by atoms with E-state index in [4.69, 9.17) is 9.47 Å². The van der Waals surface area contributed by atoms with Gasteiger partial charge in [0.2, 0.25) is 0 Å². The molecular weight excluding hydrogens is 368 g/mol. The van der Waals surface area contributed by atoms with Crippen LogP contribution in [0.15, 0.2) is 60.7 Å². The number of hydrogen-bond acceptors (Lipinski definition) is 2. The molecule has 0 amide bonds. The number of para-hydroxylation sites is 2. The van der Waals surface area contributed by atoms with Gasteiger partial charge in [0.25, 0.3) is 0 Å². The zero-order chi connectivity index (χ0) is 22.1. The fraction of sp³-hybridized carbons (Fsp3) is 0.357. The fourth-order valence-electron chi connectivity index (χ4n) is 3.98. The van der Waals surface area contributed by atoms with Crippen molar-refractivity contribution in [3.05, 3.63) is 71.8 Å². The van der Waals surface area contributed by atoms with Gasteiger partial charge in [-0.05, 0) is 22.0 Å². The molecule has 0 radical (unpaired) electrons. The Bertz CT molecular complexity index is 931. The Morgan fingerprint density at radius 1 is 0.500 bits per heavy atom. The predicted octanol–water partition coefficient (Wildman–Crippen LogP) is 7.63. The molecule has 2 nitrogen and oxygen atoms in total. The van der Waals surface area contributed by atoms with Gasteiger partial charge in [0.15, 0.2) is 0 Å². The molecule has 0 aliphatic carbocycles.